The molecule has 2 aliphatic rings. The molecule has 8 heteroatoms. The standard InChI is InChI=1S/C25H28F2N4O2/c26-17-4-7-19(8-5-17)31-22-9-6-18(27)14-20(22)21-15-29(13-10-23(21)31)11-2-1-3-12-30-16-24(32)28-25(30)33/h4-9,14,16,21,23,32H,1-3,10-13,15H2,(H,28,33)/t21-,23+/m0/s1. The minimum atomic E-state index is -0.285. The molecule has 3 heterocycles. The molecule has 174 valence electrons. The van der Waals surface area contributed by atoms with Crippen LogP contribution in [0.25, 0.3) is 0 Å². The van der Waals surface area contributed by atoms with Crippen molar-refractivity contribution in [3.8, 4) is 5.88 Å². The molecule has 3 aromatic rings. The van der Waals surface area contributed by atoms with Gasteiger partial charge in [-0.3, -0.25) is 9.55 Å². The van der Waals surface area contributed by atoms with Crippen molar-refractivity contribution in [3.63, 3.8) is 0 Å². The summed E-state index contributed by atoms with van der Waals surface area (Å²) in [5.74, 6) is -0.389. The fraction of sp³-hybridized carbons (Fsp3) is 0.400. The van der Waals surface area contributed by atoms with Crippen molar-refractivity contribution in [3.05, 3.63) is 76.3 Å². The number of aromatic hydroxyl groups is 1. The number of unbranched alkanes of at least 4 members (excludes halogenated alkanes) is 2. The number of fused-ring (bicyclic) bond motifs is 3. The van der Waals surface area contributed by atoms with E-state index in [1.807, 2.05) is 6.07 Å². The van der Waals surface area contributed by atoms with Gasteiger partial charge in [-0.1, -0.05) is 6.42 Å². The SMILES string of the molecule is O=c1[nH]c(O)cn1CCCCCN1CC[C@@H]2[C@@H](C1)c1cc(F)ccc1N2c1ccc(F)cc1. The van der Waals surface area contributed by atoms with Gasteiger partial charge < -0.3 is 14.9 Å². The second kappa shape index (κ2) is 9.02. The first kappa shape index (κ1) is 21.7. The third-order valence-electron chi connectivity index (χ3n) is 6.89. The molecule has 0 saturated carbocycles. The maximum absolute atomic E-state index is 14.1. The number of aromatic amines is 1. The second-order valence-corrected chi connectivity index (χ2v) is 9.01. The Balaban J connectivity index is 1.22. The summed E-state index contributed by atoms with van der Waals surface area (Å²) in [6.45, 7) is 3.36. The van der Waals surface area contributed by atoms with E-state index in [4.69, 9.17) is 0 Å². The minimum Gasteiger partial charge on any atom is -0.493 e. The Kier molecular flexibility index (Phi) is 5.93. The van der Waals surface area contributed by atoms with Crippen LogP contribution in [0.1, 0.15) is 37.2 Å². The summed E-state index contributed by atoms with van der Waals surface area (Å²) in [4.78, 5) is 18.7. The number of aromatic nitrogens is 2. The molecule has 1 saturated heterocycles. The monoisotopic (exact) mass is 454 g/mol. The van der Waals surface area contributed by atoms with Crippen LogP contribution in [0.2, 0.25) is 0 Å². The van der Waals surface area contributed by atoms with Crippen molar-refractivity contribution in [2.24, 2.45) is 0 Å². The second-order valence-electron chi connectivity index (χ2n) is 9.01. The number of anilines is 2. The highest BCUT2D eigenvalue weighted by Gasteiger charge is 2.42. The molecule has 2 aliphatic heterocycles. The van der Waals surface area contributed by atoms with Gasteiger partial charge in [0, 0.05) is 43.0 Å². The lowest BCUT2D eigenvalue weighted by atomic mass is 9.89. The maximum atomic E-state index is 14.1. The molecule has 2 aromatic carbocycles. The van der Waals surface area contributed by atoms with Crippen LogP contribution in [0.5, 0.6) is 5.88 Å². The number of nitrogens with zero attached hydrogens (tertiary/aromatic N) is 3. The zero-order chi connectivity index (χ0) is 22.9. The van der Waals surface area contributed by atoms with Gasteiger partial charge in [-0.05, 0) is 73.8 Å². The average molecular weight is 455 g/mol. The summed E-state index contributed by atoms with van der Waals surface area (Å²) in [5.41, 5.74) is 2.70. The Morgan fingerprint density at radius 1 is 1.00 bits per heavy atom. The van der Waals surface area contributed by atoms with Crippen LogP contribution in [0.3, 0.4) is 0 Å². The number of hydrogen-bond acceptors (Lipinski definition) is 4. The lowest BCUT2D eigenvalue weighted by Gasteiger charge is -2.39. The first-order valence-electron chi connectivity index (χ1n) is 11.5. The van der Waals surface area contributed by atoms with Gasteiger partial charge in [-0.25, -0.2) is 13.6 Å². The van der Waals surface area contributed by atoms with E-state index in [2.05, 4.69) is 14.8 Å². The van der Waals surface area contributed by atoms with Crippen molar-refractivity contribution in [2.45, 2.75) is 44.2 Å². The Hall–Kier alpha value is -3.13. The van der Waals surface area contributed by atoms with E-state index < -0.39 is 0 Å². The molecule has 1 aromatic heterocycles. The number of nitrogens with one attached hydrogen (secondary N) is 1. The third kappa shape index (κ3) is 4.39. The van der Waals surface area contributed by atoms with Crippen molar-refractivity contribution >= 4 is 11.4 Å². The quantitative estimate of drug-likeness (QED) is 0.522. The van der Waals surface area contributed by atoms with Gasteiger partial charge in [0.05, 0.1) is 6.20 Å². The lowest BCUT2D eigenvalue weighted by Crippen LogP contribution is -2.45. The molecular weight excluding hydrogens is 426 g/mol. The summed E-state index contributed by atoms with van der Waals surface area (Å²) < 4.78 is 29.1. The molecule has 5 rings (SSSR count). The topological polar surface area (TPSA) is 64.5 Å². The normalized spacial score (nSPS) is 20.1. The van der Waals surface area contributed by atoms with Crippen molar-refractivity contribution < 1.29 is 13.9 Å². The summed E-state index contributed by atoms with van der Waals surface area (Å²) >= 11 is 0. The van der Waals surface area contributed by atoms with E-state index in [1.54, 1.807) is 18.2 Å². The van der Waals surface area contributed by atoms with E-state index in [0.29, 0.717) is 6.54 Å². The van der Waals surface area contributed by atoms with Gasteiger partial charge in [0.2, 0.25) is 5.88 Å². The molecule has 0 aliphatic carbocycles. The number of aryl methyl sites for hydroxylation is 1. The van der Waals surface area contributed by atoms with Crippen LogP contribution >= 0.6 is 0 Å². The summed E-state index contributed by atoms with van der Waals surface area (Å²) in [7, 11) is 0. The minimum absolute atomic E-state index is 0.106. The van der Waals surface area contributed by atoms with Crippen LogP contribution in [0.4, 0.5) is 20.2 Å². The van der Waals surface area contributed by atoms with Gasteiger partial charge in [-0.2, -0.15) is 0 Å². The van der Waals surface area contributed by atoms with E-state index >= 15 is 0 Å². The lowest BCUT2D eigenvalue weighted by molar-refractivity contribution is 0.193. The number of imidazole rings is 1. The average Bonchev–Trinajstić information content (AvgIpc) is 3.29. The number of piperidine rings is 1. The predicted molar refractivity (Wildman–Crippen MR) is 123 cm³/mol. The van der Waals surface area contributed by atoms with Gasteiger partial charge in [0.1, 0.15) is 11.6 Å². The van der Waals surface area contributed by atoms with Crippen LogP contribution < -0.4 is 10.6 Å². The Bertz CT molecular complexity index is 1170. The summed E-state index contributed by atoms with van der Waals surface area (Å²) in [5, 5.41) is 9.35. The number of halogens is 2. The molecule has 0 amide bonds. The first-order valence-corrected chi connectivity index (χ1v) is 11.5. The molecule has 1 fully saturated rings. The van der Waals surface area contributed by atoms with Gasteiger partial charge >= 0.3 is 5.69 Å². The Morgan fingerprint density at radius 2 is 1.76 bits per heavy atom. The fourth-order valence-corrected chi connectivity index (χ4v) is 5.36. The number of benzene rings is 2. The highest BCUT2D eigenvalue weighted by atomic mass is 19.1. The number of H-pyrrole nitrogens is 1. The molecule has 33 heavy (non-hydrogen) atoms. The van der Waals surface area contributed by atoms with Gasteiger partial charge in [0.15, 0.2) is 0 Å². The van der Waals surface area contributed by atoms with E-state index in [0.717, 1.165) is 62.3 Å². The third-order valence-corrected chi connectivity index (χ3v) is 6.89. The molecule has 0 bridgehead atoms. The maximum Gasteiger partial charge on any atom is 0.328 e. The molecule has 2 atom stereocenters. The largest absolute Gasteiger partial charge is 0.493 e. The van der Waals surface area contributed by atoms with E-state index in [-0.39, 0.29) is 35.2 Å². The van der Waals surface area contributed by atoms with Gasteiger partial charge in [-0.15, -0.1) is 0 Å². The van der Waals surface area contributed by atoms with Crippen LogP contribution in [-0.2, 0) is 6.54 Å². The highest BCUT2D eigenvalue weighted by Crippen LogP contribution is 2.48. The number of hydrogen-bond donors (Lipinski definition) is 2. The van der Waals surface area contributed by atoms with Crippen LogP contribution in [0, 0.1) is 11.6 Å². The van der Waals surface area contributed by atoms with Crippen LogP contribution in [-0.4, -0.2) is 45.2 Å². The van der Waals surface area contributed by atoms with E-state index in [1.165, 1.54) is 29.0 Å². The molecule has 0 unspecified atom stereocenters. The molecule has 0 radical (unpaired) electrons. The van der Waals surface area contributed by atoms with Gasteiger partial charge in [0.25, 0.3) is 0 Å². The van der Waals surface area contributed by atoms with Crippen molar-refractivity contribution in [1.82, 2.24) is 14.5 Å². The first-order chi connectivity index (χ1) is 16.0. The Labute approximate surface area is 191 Å². The smallest absolute Gasteiger partial charge is 0.328 e. The molecular formula is C25H28F2N4O2. The molecule has 2 N–H and O–H groups in total. The van der Waals surface area contributed by atoms with E-state index in [9.17, 15) is 18.7 Å². The number of rotatable bonds is 7. The summed E-state index contributed by atoms with van der Waals surface area (Å²) in [6, 6.07) is 11.8. The van der Waals surface area contributed by atoms with Crippen LogP contribution in [0.15, 0.2) is 53.5 Å². The molecule has 0 spiro atoms. The highest BCUT2D eigenvalue weighted by molar-refractivity contribution is 5.73. The fourth-order valence-electron chi connectivity index (χ4n) is 5.36. The zero-order valence-electron chi connectivity index (χ0n) is 18.4. The Morgan fingerprint density at radius 3 is 2.52 bits per heavy atom. The zero-order valence-corrected chi connectivity index (χ0v) is 18.4. The van der Waals surface area contributed by atoms with Crippen molar-refractivity contribution in [1.29, 1.82) is 0 Å². The molecule has 6 nitrogen and oxygen atoms in total. The predicted octanol–water partition coefficient (Wildman–Crippen LogP) is 4.34. The number of likely N-dealkylation sites (tertiary alicyclic amines) is 1. The van der Waals surface area contributed by atoms with Crippen molar-refractivity contribution in [2.75, 3.05) is 24.5 Å². The summed E-state index contributed by atoms with van der Waals surface area (Å²) in [6.07, 6.45) is 5.24.